The molecule has 0 spiro atoms. The van der Waals surface area contributed by atoms with Crippen LogP contribution in [-0.2, 0) is 0 Å². The van der Waals surface area contributed by atoms with E-state index in [-0.39, 0.29) is 0 Å². The summed E-state index contributed by atoms with van der Waals surface area (Å²) in [6, 6.07) is 0.720. The minimum atomic E-state index is 0.691. The fourth-order valence-electron chi connectivity index (χ4n) is 1.83. The van der Waals surface area contributed by atoms with Crippen molar-refractivity contribution < 1.29 is 0 Å². The summed E-state index contributed by atoms with van der Waals surface area (Å²) in [6.07, 6.45) is 2.56. The average molecular weight is 201 g/mol. The highest BCUT2D eigenvalue weighted by atomic mass is 15.2. The van der Waals surface area contributed by atoms with Crippen LogP contribution in [0.1, 0.15) is 33.6 Å². The molecule has 1 fully saturated rings. The van der Waals surface area contributed by atoms with E-state index in [2.05, 4.69) is 23.8 Å². The highest BCUT2D eigenvalue weighted by molar-refractivity contribution is 4.76. The number of hydrogen-bond donors (Lipinski definition) is 1. The van der Waals surface area contributed by atoms with Crippen LogP contribution in [0.4, 0.5) is 0 Å². The maximum absolute atomic E-state index is 5.58. The molecule has 0 unspecified atom stereocenters. The van der Waals surface area contributed by atoms with E-state index in [1.165, 1.54) is 32.5 Å². The molecular weight excluding hydrogens is 174 g/mol. The molecule has 2 N–H and O–H groups in total. The zero-order chi connectivity index (χ0) is 11.0. The summed E-state index contributed by atoms with van der Waals surface area (Å²) in [5, 5.41) is 0. The van der Waals surface area contributed by atoms with Crippen LogP contribution in [0, 0.1) is 0 Å². The molecule has 0 amide bonds. The van der Waals surface area contributed by atoms with E-state index < -0.39 is 0 Å². The molecule has 0 bridgehead atoms. The first-order valence-electron chi connectivity index (χ1n) is 5.90. The van der Waals surface area contributed by atoms with Crippen molar-refractivity contribution in [3.8, 4) is 0 Å². The highest BCUT2D eigenvalue weighted by Crippen LogP contribution is 2.13. The Morgan fingerprint density at radius 3 is 2.14 bits per heavy atom. The lowest BCUT2D eigenvalue weighted by Gasteiger charge is -2.35. The molecule has 1 aliphatic heterocycles. The van der Waals surface area contributed by atoms with Gasteiger partial charge in [0.05, 0.1) is 0 Å². The van der Waals surface area contributed by atoms with E-state index in [4.69, 9.17) is 5.73 Å². The van der Waals surface area contributed by atoms with Crippen LogP contribution in [-0.4, -0.2) is 49.2 Å². The number of likely N-dealkylation sites (tertiary alicyclic amines) is 1. The van der Waals surface area contributed by atoms with Crippen molar-refractivity contribution >= 4 is 0 Å². The summed E-state index contributed by atoms with van der Waals surface area (Å²) >= 11 is 0. The summed E-state index contributed by atoms with van der Waals surface area (Å²) in [7, 11) is 2.12. The molecule has 1 aliphatic rings. The molecule has 0 saturated carbocycles. The van der Waals surface area contributed by atoms with E-state index in [0.29, 0.717) is 6.67 Å². The molecule has 0 radical (unpaired) electrons. The summed E-state index contributed by atoms with van der Waals surface area (Å²) in [6.45, 7) is 10.6. The van der Waals surface area contributed by atoms with Crippen molar-refractivity contribution in [1.29, 1.82) is 0 Å². The monoisotopic (exact) mass is 201 g/mol. The molecule has 1 rings (SSSR count). The molecule has 3 heteroatoms. The lowest BCUT2D eigenvalue weighted by atomic mass is 10.0. The van der Waals surface area contributed by atoms with Gasteiger partial charge >= 0.3 is 0 Å². The molecule has 1 heterocycles. The van der Waals surface area contributed by atoms with Gasteiger partial charge in [-0.1, -0.05) is 20.8 Å². The van der Waals surface area contributed by atoms with Crippen molar-refractivity contribution in [2.24, 2.45) is 5.73 Å². The summed E-state index contributed by atoms with van der Waals surface area (Å²) in [5.41, 5.74) is 5.58. The van der Waals surface area contributed by atoms with Gasteiger partial charge in [0.1, 0.15) is 0 Å². The maximum atomic E-state index is 5.58. The number of hydrogen-bond acceptors (Lipinski definition) is 3. The molecule has 0 aromatic rings. The van der Waals surface area contributed by atoms with Gasteiger partial charge in [-0.05, 0) is 39.5 Å². The fraction of sp³-hybridized carbons (Fsp3) is 1.00. The third kappa shape index (κ3) is 4.40. The maximum Gasteiger partial charge on any atom is 0.0455 e. The molecule has 0 aliphatic carbocycles. The molecule has 14 heavy (non-hydrogen) atoms. The van der Waals surface area contributed by atoms with Gasteiger partial charge in [0.2, 0.25) is 0 Å². The molecule has 3 nitrogen and oxygen atoms in total. The Labute approximate surface area is 89.2 Å². The normalized spacial score (nSPS) is 19.3. The van der Waals surface area contributed by atoms with E-state index in [0.717, 1.165) is 6.04 Å². The predicted molar refractivity (Wildman–Crippen MR) is 63.3 cm³/mol. The highest BCUT2D eigenvalue weighted by Gasteiger charge is 2.20. The van der Waals surface area contributed by atoms with Crippen molar-refractivity contribution in [1.82, 2.24) is 9.80 Å². The Hall–Kier alpha value is -0.120. The summed E-state index contributed by atoms with van der Waals surface area (Å²) in [5.74, 6) is 0. The third-order valence-electron chi connectivity index (χ3n) is 2.92. The Balaban J connectivity index is 0.000000791. The van der Waals surface area contributed by atoms with E-state index in [1.54, 1.807) is 0 Å². The minimum absolute atomic E-state index is 0.691. The van der Waals surface area contributed by atoms with Gasteiger partial charge in [-0.15, -0.1) is 0 Å². The topological polar surface area (TPSA) is 32.5 Å². The number of piperidine rings is 1. The second kappa shape index (κ2) is 8.21. The second-order valence-corrected chi connectivity index (χ2v) is 3.61. The zero-order valence-corrected chi connectivity index (χ0v) is 10.3. The minimum Gasteiger partial charge on any atom is -0.318 e. The first kappa shape index (κ1) is 13.9. The second-order valence-electron chi connectivity index (χ2n) is 3.61. The van der Waals surface area contributed by atoms with Gasteiger partial charge in [0, 0.05) is 12.7 Å². The standard InChI is InChI=1S/C9H21N3.C2H6/c1-3-12-6-4-9(5-7-12)11(2)8-10;1-2/h9H,3-8,10H2,1-2H3;1-2H3. The van der Waals surface area contributed by atoms with Crippen molar-refractivity contribution in [3.63, 3.8) is 0 Å². The smallest absolute Gasteiger partial charge is 0.0455 e. The Morgan fingerprint density at radius 1 is 1.29 bits per heavy atom. The van der Waals surface area contributed by atoms with Crippen molar-refractivity contribution in [2.45, 2.75) is 39.7 Å². The average Bonchev–Trinajstić information content (AvgIpc) is 2.31. The van der Waals surface area contributed by atoms with Gasteiger partial charge in [-0.25, -0.2) is 0 Å². The van der Waals surface area contributed by atoms with E-state index in [9.17, 15) is 0 Å². The Kier molecular flexibility index (Phi) is 8.14. The van der Waals surface area contributed by atoms with E-state index in [1.807, 2.05) is 13.8 Å². The summed E-state index contributed by atoms with van der Waals surface area (Å²) < 4.78 is 0. The van der Waals surface area contributed by atoms with Gasteiger partial charge in [0.15, 0.2) is 0 Å². The molecule has 86 valence electrons. The van der Waals surface area contributed by atoms with Gasteiger partial charge in [-0.2, -0.15) is 0 Å². The van der Waals surface area contributed by atoms with Crippen LogP contribution in [0.2, 0.25) is 0 Å². The SMILES string of the molecule is CC.CCN1CCC(N(C)CN)CC1. The van der Waals surface area contributed by atoms with Crippen molar-refractivity contribution in [2.75, 3.05) is 33.4 Å². The first-order valence-corrected chi connectivity index (χ1v) is 5.90. The first-order chi connectivity index (χ1) is 6.77. The molecule has 0 atom stereocenters. The molecular formula is C11H27N3. The zero-order valence-electron chi connectivity index (χ0n) is 10.3. The van der Waals surface area contributed by atoms with Crippen LogP contribution >= 0.6 is 0 Å². The molecule has 0 aromatic heterocycles. The van der Waals surface area contributed by atoms with Crippen LogP contribution in [0.15, 0.2) is 0 Å². The van der Waals surface area contributed by atoms with Crippen LogP contribution < -0.4 is 5.73 Å². The number of rotatable bonds is 3. The van der Waals surface area contributed by atoms with Gasteiger partial charge < -0.3 is 10.6 Å². The quantitative estimate of drug-likeness (QED) is 0.700. The van der Waals surface area contributed by atoms with E-state index >= 15 is 0 Å². The molecule has 0 aromatic carbocycles. The lowest BCUT2D eigenvalue weighted by molar-refractivity contribution is 0.134. The van der Waals surface area contributed by atoms with Crippen LogP contribution in [0.25, 0.3) is 0 Å². The molecule has 1 saturated heterocycles. The van der Waals surface area contributed by atoms with Gasteiger partial charge in [-0.3, -0.25) is 4.90 Å². The lowest BCUT2D eigenvalue weighted by Crippen LogP contribution is -2.44. The Bertz CT molecular complexity index is 120. The van der Waals surface area contributed by atoms with Crippen molar-refractivity contribution in [3.05, 3.63) is 0 Å². The van der Waals surface area contributed by atoms with Crippen LogP contribution in [0.5, 0.6) is 0 Å². The fourth-order valence-corrected chi connectivity index (χ4v) is 1.83. The van der Waals surface area contributed by atoms with Crippen LogP contribution in [0.3, 0.4) is 0 Å². The third-order valence-corrected chi connectivity index (χ3v) is 2.92. The number of nitrogens with zero attached hydrogens (tertiary/aromatic N) is 2. The largest absolute Gasteiger partial charge is 0.318 e. The Morgan fingerprint density at radius 2 is 1.79 bits per heavy atom. The van der Waals surface area contributed by atoms with Gasteiger partial charge in [0.25, 0.3) is 0 Å². The predicted octanol–water partition coefficient (Wildman–Crippen LogP) is 1.34. The number of nitrogens with two attached hydrogens (primary N) is 1. The summed E-state index contributed by atoms with van der Waals surface area (Å²) in [4.78, 5) is 4.76.